The predicted molar refractivity (Wildman–Crippen MR) is 88.2 cm³/mol. The SMILES string of the molecule is CCOc1ccc(NCc2ccc3[nH]ccc3c2)cc1Cl. The zero-order valence-corrected chi connectivity index (χ0v) is 12.6. The van der Waals surface area contributed by atoms with Gasteiger partial charge in [-0.2, -0.15) is 0 Å². The fourth-order valence-electron chi connectivity index (χ4n) is 2.30. The van der Waals surface area contributed by atoms with Crippen molar-refractivity contribution in [2.45, 2.75) is 13.5 Å². The Labute approximate surface area is 128 Å². The van der Waals surface area contributed by atoms with E-state index in [0.29, 0.717) is 11.6 Å². The molecular formula is C17H17ClN2O. The van der Waals surface area contributed by atoms with Gasteiger partial charge in [0.2, 0.25) is 0 Å². The lowest BCUT2D eigenvalue weighted by molar-refractivity contribution is 0.340. The average Bonchev–Trinajstić information content (AvgIpc) is 2.95. The number of hydrogen-bond acceptors (Lipinski definition) is 2. The van der Waals surface area contributed by atoms with Crippen LogP contribution in [0.4, 0.5) is 5.69 Å². The number of benzene rings is 2. The fourth-order valence-corrected chi connectivity index (χ4v) is 2.54. The van der Waals surface area contributed by atoms with Crippen LogP contribution in [0.3, 0.4) is 0 Å². The predicted octanol–water partition coefficient (Wildman–Crippen LogP) is 4.83. The first kappa shape index (κ1) is 13.8. The van der Waals surface area contributed by atoms with Gasteiger partial charge in [-0.25, -0.2) is 0 Å². The van der Waals surface area contributed by atoms with Gasteiger partial charge < -0.3 is 15.0 Å². The molecule has 3 rings (SSSR count). The molecule has 0 unspecified atom stereocenters. The van der Waals surface area contributed by atoms with Crippen LogP contribution in [0, 0.1) is 0 Å². The lowest BCUT2D eigenvalue weighted by Gasteiger charge is -2.10. The Bertz CT molecular complexity index is 751. The minimum absolute atomic E-state index is 0.614. The molecule has 0 aliphatic rings. The fraction of sp³-hybridized carbons (Fsp3) is 0.176. The second-order valence-electron chi connectivity index (χ2n) is 4.83. The van der Waals surface area contributed by atoms with Crippen molar-refractivity contribution >= 4 is 28.2 Å². The van der Waals surface area contributed by atoms with Gasteiger partial charge in [0.15, 0.2) is 0 Å². The highest BCUT2D eigenvalue weighted by Crippen LogP contribution is 2.28. The van der Waals surface area contributed by atoms with Gasteiger partial charge in [-0.1, -0.05) is 17.7 Å². The number of aromatic nitrogens is 1. The normalized spacial score (nSPS) is 10.8. The average molecular weight is 301 g/mol. The summed E-state index contributed by atoms with van der Waals surface area (Å²) in [5.41, 5.74) is 3.37. The van der Waals surface area contributed by atoms with E-state index in [9.17, 15) is 0 Å². The summed E-state index contributed by atoms with van der Waals surface area (Å²) in [6.07, 6.45) is 1.95. The summed E-state index contributed by atoms with van der Waals surface area (Å²) in [6, 6.07) is 14.2. The summed E-state index contributed by atoms with van der Waals surface area (Å²) < 4.78 is 5.43. The minimum Gasteiger partial charge on any atom is -0.492 e. The number of fused-ring (bicyclic) bond motifs is 1. The van der Waals surface area contributed by atoms with E-state index in [1.54, 1.807) is 0 Å². The number of aromatic amines is 1. The lowest BCUT2D eigenvalue weighted by atomic mass is 10.1. The van der Waals surface area contributed by atoms with E-state index in [-0.39, 0.29) is 0 Å². The summed E-state index contributed by atoms with van der Waals surface area (Å²) >= 11 is 6.18. The van der Waals surface area contributed by atoms with Crippen LogP contribution in [0.1, 0.15) is 12.5 Å². The van der Waals surface area contributed by atoms with Crippen LogP contribution in [-0.2, 0) is 6.54 Å². The Hall–Kier alpha value is -2.13. The number of rotatable bonds is 5. The molecule has 0 fully saturated rings. The molecule has 108 valence electrons. The van der Waals surface area contributed by atoms with Crippen molar-refractivity contribution in [1.82, 2.24) is 4.98 Å². The Kier molecular flexibility index (Phi) is 4.02. The van der Waals surface area contributed by atoms with Crippen molar-refractivity contribution in [2.24, 2.45) is 0 Å². The molecule has 0 atom stereocenters. The van der Waals surface area contributed by atoms with Crippen molar-refractivity contribution in [1.29, 1.82) is 0 Å². The highest BCUT2D eigenvalue weighted by atomic mass is 35.5. The standard InChI is InChI=1S/C17H17ClN2O/c1-2-21-17-6-4-14(10-15(17)18)20-11-12-3-5-16-13(9-12)7-8-19-16/h3-10,19-20H,2,11H2,1H3. The minimum atomic E-state index is 0.614. The number of ether oxygens (including phenoxy) is 1. The monoisotopic (exact) mass is 300 g/mol. The largest absolute Gasteiger partial charge is 0.492 e. The van der Waals surface area contributed by atoms with E-state index in [4.69, 9.17) is 16.3 Å². The first-order valence-corrected chi connectivity index (χ1v) is 7.36. The molecule has 0 amide bonds. The van der Waals surface area contributed by atoms with Gasteiger partial charge in [-0.3, -0.25) is 0 Å². The zero-order chi connectivity index (χ0) is 14.7. The molecular weight excluding hydrogens is 284 g/mol. The summed E-state index contributed by atoms with van der Waals surface area (Å²) in [5, 5.41) is 5.23. The smallest absolute Gasteiger partial charge is 0.138 e. The van der Waals surface area contributed by atoms with Crippen LogP contribution < -0.4 is 10.1 Å². The zero-order valence-electron chi connectivity index (χ0n) is 11.8. The number of H-pyrrole nitrogens is 1. The molecule has 3 aromatic rings. The molecule has 4 heteroatoms. The van der Waals surface area contributed by atoms with Crippen LogP contribution in [0.25, 0.3) is 10.9 Å². The van der Waals surface area contributed by atoms with Gasteiger partial charge in [0.25, 0.3) is 0 Å². The topological polar surface area (TPSA) is 37.0 Å². The number of halogens is 1. The van der Waals surface area contributed by atoms with E-state index in [1.165, 1.54) is 10.9 Å². The third kappa shape index (κ3) is 3.14. The van der Waals surface area contributed by atoms with Gasteiger partial charge in [-0.15, -0.1) is 0 Å². The molecule has 0 bridgehead atoms. The van der Waals surface area contributed by atoms with Crippen LogP contribution in [-0.4, -0.2) is 11.6 Å². The quantitative estimate of drug-likeness (QED) is 0.708. The Morgan fingerprint density at radius 3 is 2.86 bits per heavy atom. The second-order valence-corrected chi connectivity index (χ2v) is 5.24. The summed E-state index contributed by atoms with van der Waals surface area (Å²) in [6.45, 7) is 3.31. The van der Waals surface area contributed by atoms with E-state index in [1.807, 2.05) is 31.3 Å². The maximum Gasteiger partial charge on any atom is 0.138 e. The maximum absolute atomic E-state index is 6.18. The molecule has 2 N–H and O–H groups in total. The maximum atomic E-state index is 6.18. The summed E-state index contributed by atoms with van der Waals surface area (Å²) in [5.74, 6) is 0.721. The van der Waals surface area contributed by atoms with Crippen LogP contribution >= 0.6 is 11.6 Å². The van der Waals surface area contributed by atoms with Crippen molar-refractivity contribution in [2.75, 3.05) is 11.9 Å². The Morgan fingerprint density at radius 1 is 1.14 bits per heavy atom. The Morgan fingerprint density at radius 2 is 2.05 bits per heavy atom. The lowest BCUT2D eigenvalue weighted by Crippen LogP contribution is -2.00. The van der Waals surface area contributed by atoms with Crippen LogP contribution in [0.2, 0.25) is 5.02 Å². The van der Waals surface area contributed by atoms with Crippen molar-refractivity contribution in [3.8, 4) is 5.75 Å². The van der Waals surface area contributed by atoms with E-state index < -0.39 is 0 Å². The van der Waals surface area contributed by atoms with Gasteiger partial charge in [0.1, 0.15) is 5.75 Å². The van der Waals surface area contributed by atoms with E-state index >= 15 is 0 Å². The highest BCUT2D eigenvalue weighted by Gasteiger charge is 2.03. The van der Waals surface area contributed by atoms with Crippen LogP contribution in [0.5, 0.6) is 5.75 Å². The van der Waals surface area contributed by atoms with Gasteiger partial charge in [-0.05, 0) is 54.3 Å². The molecule has 0 saturated heterocycles. The first-order valence-electron chi connectivity index (χ1n) is 6.98. The third-order valence-corrected chi connectivity index (χ3v) is 3.64. The highest BCUT2D eigenvalue weighted by molar-refractivity contribution is 6.32. The van der Waals surface area contributed by atoms with Crippen molar-refractivity contribution < 1.29 is 4.74 Å². The number of hydrogen-bond donors (Lipinski definition) is 2. The van der Waals surface area contributed by atoms with Crippen LogP contribution in [0.15, 0.2) is 48.7 Å². The van der Waals surface area contributed by atoms with Crippen molar-refractivity contribution in [3.05, 3.63) is 59.2 Å². The molecule has 2 aromatic carbocycles. The van der Waals surface area contributed by atoms with Gasteiger partial charge >= 0.3 is 0 Å². The molecule has 0 aliphatic heterocycles. The molecule has 1 aromatic heterocycles. The molecule has 3 nitrogen and oxygen atoms in total. The molecule has 0 radical (unpaired) electrons. The van der Waals surface area contributed by atoms with E-state index in [0.717, 1.165) is 23.5 Å². The van der Waals surface area contributed by atoms with Gasteiger partial charge in [0.05, 0.1) is 11.6 Å². The summed E-state index contributed by atoms with van der Waals surface area (Å²) in [4.78, 5) is 3.19. The Balaban J connectivity index is 1.70. The third-order valence-electron chi connectivity index (χ3n) is 3.35. The molecule has 21 heavy (non-hydrogen) atoms. The molecule has 0 spiro atoms. The van der Waals surface area contributed by atoms with Gasteiger partial charge in [0, 0.05) is 23.9 Å². The molecule has 0 aliphatic carbocycles. The number of anilines is 1. The first-order chi connectivity index (χ1) is 10.3. The molecule has 1 heterocycles. The van der Waals surface area contributed by atoms with E-state index in [2.05, 4.69) is 34.6 Å². The summed E-state index contributed by atoms with van der Waals surface area (Å²) in [7, 11) is 0. The second kappa shape index (κ2) is 6.10. The van der Waals surface area contributed by atoms with Crippen molar-refractivity contribution in [3.63, 3.8) is 0 Å². The molecule has 0 saturated carbocycles. The number of nitrogens with one attached hydrogen (secondary N) is 2.